The second-order valence-electron chi connectivity index (χ2n) is 5.75. The van der Waals surface area contributed by atoms with Crippen LogP contribution in [0, 0.1) is 0 Å². The van der Waals surface area contributed by atoms with Crippen LogP contribution in [0.4, 0.5) is 0 Å². The summed E-state index contributed by atoms with van der Waals surface area (Å²) < 4.78 is 31.8. The van der Waals surface area contributed by atoms with Crippen LogP contribution >= 0.6 is 11.6 Å². The second kappa shape index (κ2) is 8.44. The van der Waals surface area contributed by atoms with Crippen LogP contribution in [0.1, 0.15) is 17.9 Å². The largest absolute Gasteiger partial charge is 0.338 e. The molecule has 0 saturated carbocycles. The van der Waals surface area contributed by atoms with E-state index in [1.807, 2.05) is 30.3 Å². The summed E-state index contributed by atoms with van der Waals surface area (Å²) >= 11 is 5.84. The van der Waals surface area contributed by atoms with Gasteiger partial charge in [-0.15, -0.1) is 0 Å². The summed E-state index contributed by atoms with van der Waals surface area (Å²) in [5.74, 6) is 0.640. The Morgan fingerprint density at radius 1 is 1.04 bits per heavy atom. The van der Waals surface area contributed by atoms with Crippen molar-refractivity contribution in [3.05, 3.63) is 71.1 Å². The Kier molecular flexibility index (Phi) is 6.03. The van der Waals surface area contributed by atoms with Gasteiger partial charge in [-0.05, 0) is 42.7 Å². The normalized spacial score (nSPS) is 11.6. The lowest BCUT2D eigenvalue weighted by atomic mass is 10.1. The van der Waals surface area contributed by atoms with Crippen molar-refractivity contribution in [1.82, 2.24) is 14.9 Å². The standard InChI is InChI=1S/C18H18ClN3O3S/c19-16-10-8-15(9-11-16)18-21-17(25-22-18)13-20-26(23,24)12-4-7-14-5-2-1-3-6-14/h1-3,5-6,8-11,20H,4,7,12-13H2. The fraction of sp³-hybridized carbons (Fsp3) is 0.222. The molecule has 0 aliphatic rings. The van der Waals surface area contributed by atoms with E-state index in [0.717, 1.165) is 11.1 Å². The molecule has 0 bridgehead atoms. The molecule has 0 amide bonds. The van der Waals surface area contributed by atoms with Crippen molar-refractivity contribution in [1.29, 1.82) is 0 Å². The van der Waals surface area contributed by atoms with Crippen LogP contribution in [0.25, 0.3) is 11.4 Å². The molecule has 0 saturated heterocycles. The molecule has 0 aliphatic carbocycles. The first kappa shape index (κ1) is 18.6. The summed E-state index contributed by atoms with van der Waals surface area (Å²) in [5, 5.41) is 4.47. The summed E-state index contributed by atoms with van der Waals surface area (Å²) in [7, 11) is -3.41. The van der Waals surface area contributed by atoms with Gasteiger partial charge in [-0.25, -0.2) is 13.1 Å². The van der Waals surface area contributed by atoms with Crippen molar-refractivity contribution >= 4 is 21.6 Å². The molecule has 26 heavy (non-hydrogen) atoms. The maximum absolute atomic E-state index is 12.1. The monoisotopic (exact) mass is 391 g/mol. The zero-order chi connectivity index (χ0) is 18.4. The second-order valence-corrected chi connectivity index (χ2v) is 8.11. The minimum Gasteiger partial charge on any atom is -0.338 e. The van der Waals surface area contributed by atoms with Crippen molar-refractivity contribution in [2.45, 2.75) is 19.4 Å². The number of hydrogen-bond acceptors (Lipinski definition) is 5. The highest BCUT2D eigenvalue weighted by Crippen LogP contribution is 2.18. The average Bonchev–Trinajstić information content (AvgIpc) is 3.11. The molecule has 0 unspecified atom stereocenters. The van der Waals surface area contributed by atoms with Gasteiger partial charge in [0.05, 0.1) is 12.3 Å². The fourth-order valence-corrected chi connectivity index (χ4v) is 3.54. The Bertz CT molecular complexity index is 941. The number of aromatic nitrogens is 2. The quantitative estimate of drug-likeness (QED) is 0.635. The molecule has 0 fully saturated rings. The fourth-order valence-electron chi connectivity index (χ4n) is 2.40. The van der Waals surface area contributed by atoms with E-state index in [9.17, 15) is 8.42 Å². The van der Waals surface area contributed by atoms with Gasteiger partial charge in [-0.1, -0.05) is 47.1 Å². The lowest BCUT2D eigenvalue weighted by Gasteiger charge is -2.04. The minimum atomic E-state index is -3.41. The Hall–Kier alpha value is -2.22. The maximum Gasteiger partial charge on any atom is 0.242 e. The Morgan fingerprint density at radius 3 is 2.50 bits per heavy atom. The van der Waals surface area contributed by atoms with E-state index >= 15 is 0 Å². The van der Waals surface area contributed by atoms with E-state index in [4.69, 9.17) is 16.1 Å². The van der Waals surface area contributed by atoms with E-state index < -0.39 is 10.0 Å². The van der Waals surface area contributed by atoms with E-state index in [1.54, 1.807) is 24.3 Å². The minimum absolute atomic E-state index is 0.0335. The van der Waals surface area contributed by atoms with Gasteiger partial charge >= 0.3 is 0 Å². The Labute approximate surface area is 157 Å². The van der Waals surface area contributed by atoms with Crippen LogP contribution in [0.2, 0.25) is 5.02 Å². The molecule has 0 atom stereocenters. The molecule has 0 radical (unpaired) electrons. The van der Waals surface area contributed by atoms with Crippen LogP contribution in [0.5, 0.6) is 0 Å². The van der Waals surface area contributed by atoms with Crippen molar-refractivity contribution in [2.75, 3.05) is 5.75 Å². The lowest BCUT2D eigenvalue weighted by Crippen LogP contribution is -2.26. The molecule has 3 rings (SSSR count). The predicted molar refractivity (Wildman–Crippen MR) is 100 cm³/mol. The molecule has 1 heterocycles. The molecule has 3 aromatic rings. The third-order valence-electron chi connectivity index (χ3n) is 3.74. The van der Waals surface area contributed by atoms with Gasteiger partial charge in [0.2, 0.25) is 21.7 Å². The van der Waals surface area contributed by atoms with Crippen molar-refractivity contribution in [2.24, 2.45) is 0 Å². The van der Waals surface area contributed by atoms with Crippen LogP contribution < -0.4 is 4.72 Å². The van der Waals surface area contributed by atoms with Gasteiger partial charge in [0, 0.05) is 10.6 Å². The summed E-state index contributed by atoms with van der Waals surface area (Å²) in [6.45, 7) is -0.0335. The van der Waals surface area contributed by atoms with E-state index in [1.165, 1.54) is 0 Å². The molecular formula is C18H18ClN3O3S. The van der Waals surface area contributed by atoms with Gasteiger partial charge in [-0.2, -0.15) is 4.98 Å². The molecule has 0 spiro atoms. The first-order valence-corrected chi connectivity index (χ1v) is 10.1. The molecule has 136 valence electrons. The van der Waals surface area contributed by atoms with E-state index in [0.29, 0.717) is 23.7 Å². The molecule has 1 aromatic heterocycles. The zero-order valence-electron chi connectivity index (χ0n) is 13.9. The Balaban J connectivity index is 1.50. The number of halogens is 1. The van der Waals surface area contributed by atoms with Gasteiger partial charge in [0.1, 0.15) is 0 Å². The number of hydrogen-bond donors (Lipinski definition) is 1. The summed E-state index contributed by atoms with van der Waals surface area (Å²) in [6, 6.07) is 16.8. The molecule has 1 N–H and O–H groups in total. The average molecular weight is 392 g/mol. The maximum atomic E-state index is 12.1. The zero-order valence-corrected chi connectivity index (χ0v) is 15.5. The van der Waals surface area contributed by atoms with Gasteiger partial charge in [0.15, 0.2) is 0 Å². The number of aryl methyl sites for hydroxylation is 1. The third kappa shape index (κ3) is 5.39. The summed E-state index contributed by atoms with van der Waals surface area (Å²) in [4.78, 5) is 4.19. The highest BCUT2D eigenvalue weighted by atomic mass is 35.5. The van der Waals surface area contributed by atoms with Crippen LogP contribution in [-0.2, 0) is 23.0 Å². The van der Waals surface area contributed by atoms with Gasteiger partial charge in [-0.3, -0.25) is 0 Å². The number of nitrogens with zero attached hydrogens (tertiary/aromatic N) is 2. The summed E-state index contributed by atoms with van der Waals surface area (Å²) in [6.07, 6.45) is 1.25. The SMILES string of the molecule is O=S(=O)(CCCc1ccccc1)NCc1nc(-c2ccc(Cl)cc2)no1. The van der Waals surface area contributed by atoms with Gasteiger partial charge in [0.25, 0.3) is 0 Å². The molecule has 6 nitrogen and oxygen atoms in total. The molecular weight excluding hydrogens is 374 g/mol. The van der Waals surface area contributed by atoms with Gasteiger partial charge < -0.3 is 4.52 Å². The number of rotatable bonds is 8. The van der Waals surface area contributed by atoms with Crippen molar-refractivity contribution in [3.63, 3.8) is 0 Å². The third-order valence-corrected chi connectivity index (χ3v) is 5.40. The summed E-state index contributed by atoms with van der Waals surface area (Å²) in [5.41, 5.74) is 1.86. The highest BCUT2D eigenvalue weighted by Gasteiger charge is 2.14. The van der Waals surface area contributed by atoms with Crippen molar-refractivity contribution in [3.8, 4) is 11.4 Å². The first-order valence-electron chi connectivity index (χ1n) is 8.12. The van der Waals surface area contributed by atoms with Crippen LogP contribution in [0.15, 0.2) is 59.1 Å². The van der Waals surface area contributed by atoms with Crippen LogP contribution in [-0.4, -0.2) is 24.3 Å². The van der Waals surface area contributed by atoms with Crippen LogP contribution in [0.3, 0.4) is 0 Å². The highest BCUT2D eigenvalue weighted by molar-refractivity contribution is 7.89. The number of sulfonamides is 1. The predicted octanol–water partition coefficient (Wildman–Crippen LogP) is 3.44. The number of benzene rings is 2. The molecule has 2 aromatic carbocycles. The molecule has 0 aliphatic heterocycles. The van der Waals surface area contributed by atoms with Crippen molar-refractivity contribution < 1.29 is 12.9 Å². The number of nitrogens with one attached hydrogen (secondary N) is 1. The van der Waals surface area contributed by atoms with E-state index in [-0.39, 0.29) is 18.2 Å². The topological polar surface area (TPSA) is 85.1 Å². The molecule has 8 heteroatoms. The van der Waals surface area contributed by atoms with E-state index in [2.05, 4.69) is 14.9 Å². The smallest absolute Gasteiger partial charge is 0.242 e. The Morgan fingerprint density at radius 2 is 1.77 bits per heavy atom. The first-order chi connectivity index (χ1) is 12.5. The lowest BCUT2D eigenvalue weighted by molar-refractivity contribution is 0.376.